The van der Waals surface area contributed by atoms with E-state index in [9.17, 15) is 0 Å². The van der Waals surface area contributed by atoms with Gasteiger partial charge in [-0.05, 0) is 13.3 Å². The van der Waals surface area contributed by atoms with E-state index >= 15 is 0 Å². The summed E-state index contributed by atoms with van der Waals surface area (Å²) >= 11 is 4.18. The van der Waals surface area contributed by atoms with Gasteiger partial charge < -0.3 is 5.32 Å². The summed E-state index contributed by atoms with van der Waals surface area (Å²) in [5.74, 6) is 0.790. The maximum absolute atomic E-state index is 4.18. The molecule has 0 fully saturated rings. The minimum absolute atomic E-state index is 0.293. The molecule has 0 saturated heterocycles. The van der Waals surface area contributed by atoms with Crippen LogP contribution in [0.5, 0.6) is 0 Å². The molecule has 0 bridgehead atoms. The molecule has 0 aromatic carbocycles. The Morgan fingerprint density at radius 1 is 1.73 bits per heavy atom. The maximum atomic E-state index is 4.18. The van der Waals surface area contributed by atoms with Crippen molar-refractivity contribution in [1.82, 2.24) is 5.32 Å². The van der Waals surface area contributed by atoms with Gasteiger partial charge in [-0.25, -0.2) is 0 Å². The van der Waals surface area contributed by atoms with Crippen molar-refractivity contribution >= 4 is 12.6 Å². The topological polar surface area (TPSA) is 12.0 Å². The molecular formula is C9H17NS. The molecule has 0 aliphatic heterocycles. The van der Waals surface area contributed by atoms with Crippen molar-refractivity contribution in [3.05, 3.63) is 24.4 Å². The Labute approximate surface area is 75.0 Å². The fourth-order valence-electron chi connectivity index (χ4n) is 0.837. The van der Waals surface area contributed by atoms with E-state index in [1.807, 2.05) is 6.08 Å². The standard InChI is InChI=1S/C9H17NS/c1-4-6-8(3)10-9(5-2)7-11/h5-6,9-11H,2,4,7H2,1,3H3/b8-6-. The highest BCUT2D eigenvalue weighted by Gasteiger charge is 1.98. The monoisotopic (exact) mass is 171 g/mol. The lowest BCUT2D eigenvalue weighted by Gasteiger charge is -2.13. The largest absolute Gasteiger partial charge is 0.382 e. The zero-order valence-corrected chi connectivity index (χ0v) is 8.20. The molecule has 1 unspecified atom stereocenters. The molecule has 0 amide bonds. The predicted molar refractivity (Wildman–Crippen MR) is 55.0 cm³/mol. The van der Waals surface area contributed by atoms with Gasteiger partial charge in [0.05, 0.1) is 6.04 Å². The SMILES string of the molecule is C=CC(CS)N/C(C)=C\CC. The molecule has 0 aliphatic rings. The molecule has 0 radical (unpaired) electrons. The maximum Gasteiger partial charge on any atom is 0.0526 e. The van der Waals surface area contributed by atoms with Gasteiger partial charge in [0.1, 0.15) is 0 Å². The quantitative estimate of drug-likeness (QED) is 0.478. The zero-order chi connectivity index (χ0) is 8.69. The molecule has 1 N–H and O–H groups in total. The van der Waals surface area contributed by atoms with E-state index < -0.39 is 0 Å². The van der Waals surface area contributed by atoms with Crippen molar-refractivity contribution in [2.75, 3.05) is 5.75 Å². The first kappa shape index (κ1) is 10.6. The molecule has 0 aromatic heterocycles. The van der Waals surface area contributed by atoms with E-state index in [0.717, 1.165) is 12.2 Å². The van der Waals surface area contributed by atoms with E-state index in [4.69, 9.17) is 0 Å². The third-order valence-electron chi connectivity index (χ3n) is 1.40. The highest BCUT2D eigenvalue weighted by Crippen LogP contribution is 1.96. The van der Waals surface area contributed by atoms with Gasteiger partial charge in [0.25, 0.3) is 0 Å². The summed E-state index contributed by atoms with van der Waals surface area (Å²) in [6.07, 6.45) is 5.09. The average Bonchev–Trinajstić information content (AvgIpc) is 2.01. The van der Waals surface area contributed by atoms with Crippen LogP contribution in [0.4, 0.5) is 0 Å². The second-order valence-electron chi connectivity index (χ2n) is 2.46. The highest BCUT2D eigenvalue weighted by molar-refractivity contribution is 7.80. The Morgan fingerprint density at radius 3 is 2.73 bits per heavy atom. The molecule has 2 heteroatoms. The molecule has 0 saturated carbocycles. The molecule has 11 heavy (non-hydrogen) atoms. The van der Waals surface area contributed by atoms with E-state index in [-0.39, 0.29) is 0 Å². The van der Waals surface area contributed by atoms with Crippen LogP contribution >= 0.6 is 12.6 Å². The van der Waals surface area contributed by atoms with Crippen LogP contribution in [-0.4, -0.2) is 11.8 Å². The lowest BCUT2D eigenvalue weighted by molar-refractivity contribution is 0.735. The van der Waals surface area contributed by atoms with Gasteiger partial charge in [-0.3, -0.25) is 0 Å². The van der Waals surface area contributed by atoms with Gasteiger partial charge in [-0.1, -0.05) is 19.1 Å². The molecule has 0 rings (SSSR count). The molecular weight excluding hydrogens is 154 g/mol. The molecule has 1 nitrogen and oxygen atoms in total. The number of rotatable bonds is 5. The molecule has 0 aromatic rings. The predicted octanol–water partition coefficient (Wildman–Crippen LogP) is 2.37. The van der Waals surface area contributed by atoms with Crippen molar-refractivity contribution in [1.29, 1.82) is 0 Å². The second-order valence-corrected chi connectivity index (χ2v) is 2.83. The van der Waals surface area contributed by atoms with Crippen LogP contribution in [0.1, 0.15) is 20.3 Å². The molecule has 0 heterocycles. The Morgan fingerprint density at radius 2 is 2.36 bits per heavy atom. The van der Waals surface area contributed by atoms with Crippen LogP contribution in [0.3, 0.4) is 0 Å². The lowest BCUT2D eigenvalue weighted by Crippen LogP contribution is -2.26. The number of hydrogen-bond donors (Lipinski definition) is 2. The summed E-state index contributed by atoms with van der Waals surface area (Å²) in [6.45, 7) is 7.89. The van der Waals surface area contributed by atoms with Crippen molar-refractivity contribution in [2.45, 2.75) is 26.3 Å². The fraction of sp³-hybridized carbons (Fsp3) is 0.556. The molecule has 0 aliphatic carbocycles. The van der Waals surface area contributed by atoms with Gasteiger partial charge in [-0.2, -0.15) is 12.6 Å². The Bertz CT molecular complexity index is 140. The van der Waals surface area contributed by atoms with Crippen molar-refractivity contribution in [2.24, 2.45) is 0 Å². The van der Waals surface area contributed by atoms with Crippen molar-refractivity contribution in [3.8, 4) is 0 Å². The highest BCUT2D eigenvalue weighted by atomic mass is 32.1. The minimum atomic E-state index is 0.293. The van der Waals surface area contributed by atoms with Crippen LogP contribution < -0.4 is 5.32 Å². The van der Waals surface area contributed by atoms with E-state index in [0.29, 0.717) is 6.04 Å². The first-order chi connectivity index (χ1) is 5.24. The van der Waals surface area contributed by atoms with Crippen LogP contribution in [0, 0.1) is 0 Å². The smallest absolute Gasteiger partial charge is 0.0526 e. The first-order valence-electron chi connectivity index (χ1n) is 3.91. The Hall–Kier alpha value is -0.370. The van der Waals surface area contributed by atoms with Gasteiger partial charge in [-0.15, -0.1) is 6.58 Å². The van der Waals surface area contributed by atoms with Gasteiger partial charge in [0, 0.05) is 11.4 Å². The summed E-state index contributed by atoms with van der Waals surface area (Å²) in [5, 5.41) is 3.28. The summed E-state index contributed by atoms with van der Waals surface area (Å²) in [5.41, 5.74) is 1.20. The van der Waals surface area contributed by atoms with Gasteiger partial charge in [0.15, 0.2) is 0 Å². The molecule has 64 valence electrons. The fourth-order valence-corrected chi connectivity index (χ4v) is 1.08. The van der Waals surface area contributed by atoms with Crippen LogP contribution in [0.15, 0.2) is 24.4 Å². The number of hydrogen-bond acceptors (Lipinski definition) is 2. The Balaban J connectivity index is 3.80. The first-order valence-corrected chi connectivity index (χ1v) is 4.54. The van der Waals surface area contributed by atoms with E-state index in [1.165, 1.54) is 5.70 Å². The zero-order valence-electron chi connectivity index (χ0n) is 7.30. The van der Waals surface area contributed by atoms with Gasteiger partial charge >= 0.3 is 0 Å². The summed E-state index contributed by atoms with van der Waals surface area (Å²) < 4.78 is 0. The number of thiol groups is 1. The molecule has 0 spiro atoms. The number of allylic oxidation sites excluding steroid dienone is 2. The summed E-state index contributed by atoms with van der Waals surface area (Å²) in [6, 6.07) is 0.293. The second kappa shape index (κ2) is 6.35. The van der Waals surface area contributed by atoms with Crippen molar-refractivity contribution < 1.29 is 0 Å². The van der Waals surface area contributed by atoms with Crippen LogP contribution in [-0.2, 0) is 0 Å². The van der Waals surface area contributed by atoms with Gasteiger partial charge in [0.2, 0.25) is 0 Å². The van der Waals surface area contributed by atoms with Crippen LogP contribution in [0.25, 0.3) is 0 Å². The Kier molecular flexibility index (Phi) is 6.13. The van der Waals surface area contributed by atoms with E-state index in [2.05, 4.69) is 44.4 Å². The summed E-state index contributed by atoms with van der Waals surface area (Å²) in [7, 11) is 0. The van der Waals surface area contributed by atoms with Crippen LogP contribution in [0.2, 0.25) is 0 Å². The minimum Gasteiger partial charge on any atom is -0.382 e. The van der Waals surface area contributed by atoms with E-state index in [1.54, 1.807) is 0 Å². The average molecular weight is 171 g/mol. The molecule has 1 atom stereocenters. The van der Waals surface area contributed by atoms with Crippen molar-refractivity contribution in [3.63, 3.8) is 0 Å². The number of nitrogens with one attached hydrogen (secondary N) is 1. The normalized spacial score (nSPS) is 14.3. The third kappa shape index (κ3) is 4.96. The third-order valence-corrected chi connectivity index (χ3v) is 1.80. The lowest BCUT2D eigenvalue weighted by atomic mass is 10.3. The summed E-state index contributed by atoms with van der Waals surface area (Å²) in [4.78, 5) is 0.